The highest BCUT2D eigenvalue weighted by molar-refractivity contribution is 4.96. The van der Waals surface area contributed by atoms with E-state index in [1.54, 1.807) is 6.26 Å². The van der Waals surface area contributed by atoms with Gasteiger partial charge in [-0.1, -0.05) is 20.8 Å². The molecule has 8 atom stereocenters. The monoisotopic (exact) mass is 302 g/mol. The molecule has 8 unspecified atom stereocenters. The maximum atomic E-state index is 10.1. The Hall–Kier alpha value is -0.660. The lowest BCUT2D eigenvalue weighted by Crippen LogP contribution is -2.59. The second kappa shape index (κ2) is 7.07. The van der Waals surface area contributed by atoms with Gasteiger partial charge in [0.05, 0.1) is 12.4 Å². The van der Waals surface area contributed by atoms with Crippen molar-refractivity contribution in [1.29, 1.82) is 0 Å². The largest absolute Gasteiger partial charge is 0.496 e. The highest BCUT2D eigenvalue weighted by Crippen LogP contribution is 2.29. The second-order valence-corrected chi connectivity index (χ2v) is 5.79. The summed E-state index contributed by atoms with van der Waals surface area (Å²) in [5.41, 5.74) is 0. The summed E-state index contributed by atoms with van der Waals surface area (Å²) in [5.74, 6) is 0.114. The van der Waals surface area contributed by atoms with Crippen LogP contribution >= 0.6 is 0 Å². The van der Waals surface area contributed by atoms with E-state index in [2.05, 4.69) is 0 Å². The van der Waals surface area contributed by atoms with Crippen molar-refractivity contribution in [1.82, 2.24) is 0 Å². The van der Waals surface area contributed by atoms with Gasteiger partial charge >= 0.3 is 0 Å². The topological polar surface area (TPSA) is 88.4 Å². The fourth-order valence-corrected chi connectivity index (χ4v) is 2.86. The van der Waals surface area contributed by atoms with Gasteiger partial charge in [-0.3, -0.25) is 0 Å². The van der Waals surface area contributed by atoms with Crippen molar-refractivity contribution in [3.63, 3.8) is 0 Å². The van der Waals surface area contributed by atoms with Crippen LogP contribution < -0.4 is 0 Å². The summed E-state index contributed by atoms with van der Waals surface area (Å²) < 4.78 is 17.0. The lowest BCUT2D eigenvalue weighted by Gasteiger charge is -2.43. The molecule has 0 radical (unpaired) electrons. The van der Waals surface area contributed by atoms with Gasteiger partial charge in [-0.2, -0.15) is 0 Å². The van der Waals surface area contributed by atoms with Gasteiger partial charge in [0.25, 0.3) is 0 Å². The summed E-state index contributed by atoms with van der Waals surface area (Å²) in [6, 6.07) is 0. The second-order valence-electron chi connectivity index (χ2n) is 5.79. The molecule has 0 aromatic heterocycles. The maximum Gasteiger partial charge on any atom is 0.187 e. The van der Waals surface area contributed by atoms with E-state index in [1.807, 2.05) is 26.8 Å². The molecule has 122 valence electrons. The van der Waals surface area contributed by atoms with Gasteiger partial charge in [0, 0.05) is 5.92 Å². The predicted octanol–water partition coefficient (Wildman–Crippen LogP) is 0.548. The third kappa shape index (κ3) is 3.40. The molecule has 0 amide bonds. The van der Waals surface area contributed by atoms with E-state index in [1.165, 1.54) is 0 Å². The molecular weight excluding hydrogens is 276 g/mol. The third-order valence-electron chi connectivity index (χ3n) is 4.28. The summed E-state index contributed by atoms with van der Waals surface area (Å²) in [7, 11) is 0. The van der Waals surface area contributed by atoms with Crippen molar-refractivity contribution < 1.29 is 29.5 Å². The van der Waals surface area contributed by atoms with E-state index < -0.39 is 30.7 Å². The molecule has 2 aliphatic rings. The molecule has 6 nitrogen and oxygen atoms in total. The molecule has 0 aromatic carbocycles. The number of aliphatic hydroxyl groups is 3. The molecule has 0 saturated carbocycles. The molecule has 2 rings (SSSR count). The Bertz CT molecular complexity index is 358. The van der Waals surface area contributed by atoms with Crippen LogP contribution in [0.1, 0.15) is 33.6 Å². The zero-order chi connectivity index (χ0) is 15.6. The molecule has 1 saturated heterocycles. The smallest absolute Gasteiger partial charge is 0.187 e. The van der Waals surface area contributed by atoms with E-state index in [9.17, 15) is 15.3 Å². The van der Waals surface area contributed by atoms with E-state index in [-0.39, 0.29) is 18.1 Å². The van der Waals surface area contributed by atoms with Gasteiger partial charge in [-0.15, -0.1) is 0 Å². The molecule has 2 heterocycles. The summed E-state index contributed by atoms with van der Waals surface area (Å²) in [6.07, 6.45) is -0.699. The van der Waals surface area contributed by atoms with Crippen LogP contribution in [0, 0.1) is 5.92 Å². The number of rotatable bonds is 4. The average molecular weight is 302 g/mol. The summed E-state index contributed by atoms with van der Waals surface area (Å²) in [4.78, 5) is 0. The minimum Gasteiger partial charge on any atom is -0.496 e. The van der Waals surface area contributed by atoms with Gasteiger partial charge in [-0.25, -0.2) is 0 Å². The van der Waals surface area contributed by atoms with Crippen LogP contribution in [0.25, 0.3) is 0 Å². The van der Waals surface area contributed by atoms with Gasteiger partial charge in [-0.05, 0) is 18.9 Å². The predicted molar refractivity (Wildman–Crippen MR) is 75.3 cm³/mol. The fourth-order valence-electron chi connectivity index (χ4n) is 2.86. The molecule has 0 spiro atoms. The van der Waals surface area contributed by atoms with E-state index in [0.717, 1.165) is 6.42 Å². The quantitative estimate of drug-likeness (QED) is 0.703. The minimum atomic E-state index is -1.28. The highest BCUT2D eigenvalue weighted by atomic mass is 16.7. The molecule has 3 N–H and O–H groups in total. The van der Waals surface area contributed by atoms with Crippen LogP contribution in [0.5, 0.6) is 0 Å². The van der Waals surface area contributed by atoms with Crippen LogP contribution in [-0.4, -0.2) is 58.2 Å². The molecule has 0 bridgehead atoms. The molecule has 0 aliphatic carbocycles. The standard InChI is InChI=1S/C15H26O6/c1-4-9-11(16)12(17)13(18)15(20-9)21-14-8(3)6-7-19-10(14)5-2/h6-18H,4-5H2,1-3H3. The Morgan fingerprint density at radius 1 is 1.00 bits per heavy atom. The van der Waals surface area contributed by atoms with Crippen molar-refractivity contribution in [2.24, 2.45) is 5.92 Å². The summed E-state index contributed by atoms with van der Waals surface area (Å²) in [6.45, 7) is 5.85. The molecule has 6 heteroatoms. The normalized spacial score (nSPS) is 47.1. The number of ether oxygens (including phenoxy) is 3. The molecule has 1 fully saturated rings. The van der Waals surface area contributed by atoms with Crippen LogP contribution in [0.15, 0.2) is 12.3 Å². The average Bonchev–Trinajstić information content (AvgIpc) is 2.49. The van der Waals surface area contributed by atoms with Gasteiger partial charge < -0.3 is 29.5 Å². The molecule has 2 aliphatic heterocycles. The van der Waals surface area contributed by atoms with Crippen LogP contribution in [0.4, 0.5) is 0 Å². The lowest BCUT2D eigenvalue weighted by atomic mass is 9.94. The first-order valence-electron chi connectivity index (χ1n) is 7.66. The van der Waals surface area contributed by atoms with Crippen molar-refractivity contribution in [3.8, 4) is 0 Å². The molecule has 21 heavy (non-hydrogen) atoms. The molecule has 0 aromatic rings. The minimum absolute atomic E-state index is 0.114. The number of hydrogen-bond acceptors (Lipinski definition) is 6. The first-order valence-corrected chi connectivity index (χ1v) is 7.66. The van der Waals surface area contributed by atoms with Gasteiger partial charge in [0.1, 0.15) is 30.5 Å². The Labute approximate surface area is 125 Å². The Kier molecular flexibility index (Phi) is 5.62. The van der Waals surface area contributed by atoms with Crippen LogP contribution in [-0.2, 0) is 14.2 Å². The number of aliphatic hydroxyl groups excluding tert-OH is 3. The van der Waals surface area contributed by atoms with Crippen LogP contribution in [0.3, 0.4) is 0 Å². The van der Waals surface area contributed by atoms with E-state index in [0.29, 0.717) is 6.42 Å². The van der Waals surface area contributed by atoms with Crippen molar-refractivity contribution in [2.45, 2.75) is 76.5 Å². The van der Waals surface area contributed by atoms with Gasteiger partial charge in [0.15, 0.2) is 6.29 Å². The maximum absolute atomic E-state index is 10.1. The Morgan fingerprint density at radius 3 is 2.29 bits per heavy atom. The van der Waals surface area contributed by atoms with E-state index in [4.69, 9.17) is 14.2 Å². The van der Waals surface area contributed by atoms with Crippen molar-refractivity contribution >= 4 is 0 Å². The van der Waals surface area contributed by atoms with Gasteiger partial charge in [0.2, 0.25) is 0 Å². The highest BCUT2D eigenvalue weighted by Gasteiger charge is 2.45. The summed E-state index contributed by atoms with van der Waals surface area (Å²) >= 11 is 0. The zero-order valence-corrected chi connectivity index (χ0v) is 12.8. The number of hydrogen-bond donors (Lipinski definition) is 3. The Morgan fingerprint density at radius 2 is 1.67 bits per heavy atom. The molecular formula is C15H26O6. The van der Waals surface area contributed by atoms with E-state index >= 15 is 0 Å². The lowest BCUT2D eigenvalue weighted by molar-refractivity contribution is -0.317. The zero-order valence-electron chi connectivity index (χ0n) is 12.8. The fraction of sp³-hybridized carbons (Fsp3) is 0.867. The SMILES string of the molecule is CCC1OC(OC2C(C)C=COC2CC)C(O)C(O)C1O. The third-order valence-corrected chi connectivity index (χ3v) is 4.28. The Balaban J connectivity index is 2.08. The van der Waals surface area contributed by atoms with Crippen molar-refractivity contribution in [2.75, 3.05) is 0 Å². The first kappa shape index (κ1) is 16.7. The summed E-state index contributed by atoms with van der Waals surface area (Å²) in [5, 5.41) is 29.9. The van der Waals surface area contributed by atoms with Crippen molar-refractivity contribution in [3.05, 3.63) is 12.3 Å². The first-order chi connectivity index (χ1) is 9.99. The van der Waals surface area contributed by atoms with Crippen LogP contribution in [0.2, 0.25) is 0 Å².